The van der Waals surface area contributed by atoms with E-state index in [-0.39, 0.29) is 11.6 Å². The van der Waals surface area contributed by atoms with Gasteiger partial charge in [0.2, 0.25) is 0 Å². The fraction of sp³-hybridized carbons (Fsp3) is 0.833. The first-order valence-corrected chi connectivity index (χ1v) is 6.03. The molecule has 1 fully saturated rings. The van der Waals surface area contributed by atoms with E-state index in [0.29, 0.717) is 18.8 Å². The highest BCUT2D eigenvalue weighted by molar-refractivity contribution is 6.07. The molecule has 2 aliphatic heterocycles. The molecule has 0 aromatic carbocycles. The maximum atomic E-state index is 11.9. The number of aliphatic imine (C=N–C) groups is 1. The fourth-order valence-electron chi connectivity index (χ4n) is 3.42. The van der Waals surface area contributed by atoms with Gasteiger partial charge in [-0.1, -0.05) is 0 Å². The van der Waals surface area contributed by atoms with Gasteiger partial charge in [0, 0.05) is 13.0 Å². The third kappa shape index (κ3) is 1.41. The van der Waals surface area contributed by atoms with Crippen molar-refractivity contribution in [3.63, 3.8) is 0 Å². The van der Waals surface area contributed by atoms with E-state index in [0.717, 1.165) is 0 Å². The third-order valence-electron chi connectivity index (χ3n) is 3.86. The number of amidine groups is 1. The Hall–Kier alpha value is -1.10. The third-order valence-corrected chi connectivity index (χ3v) is 3.86. The largest absolute Gasteiger partial charge is 0.385 e. The summed E-state index contributed by atoms with van der Waals surface area (Å²) < 4.78 is 6.07. The molecule has 5 heteroatoms. The number of nitrogens with two attached hydrogens (primary N) is 1. The van der Waals surface area contributed by atoms with Gasteiger partial charge in [-0.2, -0.15) is 4.99 Å². The van der Waals surface area contributed by atoms with Crippen molar-refractivity contribution < 1.29 is 9.53 Å². The Bertz CT molecular complexity index is 401. The summed E-state index contributed by atoms with van der Waals surface area (Å²) in [6, 6.07) is -0.251. The van der Waals surface area contributed by atoms with Gasteiger partial charge in [-0.15, -0.1) is 0 Å². The van der Waals surface area contributed by atoms with Crippen LogP contribution in [0, 0.1) is 0 Å². The lowest BCUT2D eigenvalue weighted by molar-refractivity contribution is -0.0839. The van der Waals surface area contributed by atoms with E-state index >= 15 is 0 Å². The quantitative estimate of drug-likeness (QED) is 0.754. The summed E-state index contributed by atoms with van der Waals surface area (Å²) in [6.45, 7) is 10.5. The van der Waals surface area contributed by atoms with Gasteiger partial charge >= 0.3 is 6.03 Å². The number of ether oxygens (including phenoxy) is 1. The van der Waals surface area contributed by atoms with Gasteiger partial charge < -0.3 is 15.4 Å². The van der Waals surface area contributed by atoms with Gasteiger partial charge in [0.1, 0.15) is 11.4 Å². The number of carbonyl (C=O) groups excluding carboxylic acids is 1. The highest BCUT2D eigenvalue weighted by Crippen LogP contribution is 2.50. The Balaban J connectivity index is 2.55. The lowest BCUT2D eigenvalue weighted by atomic mass is 9.77. The zero-order valence-corrected chi connectivity index (χ0v) is 11.2. The predicted octanol–water partition coefficient (Wildman–Crippen LogP) is 1.52. The summed E-state index contributed by atoms with van der Waals surface area (Å²) in [6.07, 6.45) is 0.682. The number of carbonyl (C=O) groups is 1. The Morgan fingerprint density at radius 1 is 1.41 bits per heavy atom. The molecule has 1 spiro atoms. The zero-order valence-electron chi connectivity index (χ0n) is 11.2. The van der Waals surface area contributed by atoms with Crippen molar-refractivity contribution in [2.45, 2.75) is 57.8 Å². The number of hydrogen-bond donors (Lipinski definition) is 1. The first kappa shape index (κ1) is 12.4. The number of urea groups is 1. The SMILES string of the molecule is CCN1C(=O)N=C(N)C12CC(C)(C)OC2(C)C. The second-order valence-corrected chi connectivity index (χ2v) is 5.93. The van der Waals surface area contributed by atoms with Gasteiger partial charge in [0.25, 0.3) is 0 Å². The monoisotopic (exact) mass is 239 g/mol. The van der Waals surface area contributed by atoms with E-state index in [2.05, 4.69) is 4.99 Å². The molecule has 0 aromatic heterocycles. The molecule has 0 saturated carbocycles. The van der Waals surface area contributed by atoms with Gasteiger partial charge in [-0.05, 0) is 34.6 Å². The Kier molecular flexibility index (Phi) is 2.34. The van der Waals surface area contributed by atoms with E-state index in [1.165, 1.54) is 0 Å². The molecule has 0 bridgehead atoms. The highest BCUT2D eigenvalue weighted by atomic mass is 16.5. The summed E-state index contributed by atoms with van der Waals surface area (Å²) in [5.41, 5.74) is 4.62. The highest BCUT2D eigenvalue weighted by Gasteiger charge is 2.65. The Labute approximate surface area is 102 Å². The van der Waals surface area contributed by atoms with Crippen molar-refractivity contribution in [3.05, 3.63) is 0 Å². The molecular weight excluding hydrogens is 218 g/mol. The maximum Gasteiger partial charge on any atom is 0.346 e. The number of rotatable bonds is 1. The van der Waals surface area contributed by atoms with Gasteiger partial charge in [0.05, 0.1) is 11.2 Å². The lowest BCUT2D eigenvalue weighted by Crippen LogP contribution is -2.63. The van der Waals surface area contributed by atoms with Crippen molar-refractivity contribution in [2.75, 3.05) is 6.54 Å². The van der Waals surface area contributed by atoms with Crippen molar-refractivity contribution in [2.24, 2.45) is 10.7 Å². The number of nitrogens with zero attached hydrogens (tertiary/aromatic N) is 2. The van der Waals surface area contributed by atoms with Gasteiger partial charge in [-0.25, -0.2) is 4.79 Å². The molecular formula is C12H21N3O2. The van der Waals surface area contributed by atoms with E-state index in [1.807, 2.05) is 34.6 Å². The molecule has 0 aliphatic carbocycles. The molecule has 2 heterocycles. The summed E-state index contributed by atoms with van der Waals surface area (Å²) in [5, 5.41) is 0. The summed E-state index contributed by atoms with van der Waals surface area (Å²) in [5.74, 6) is 0.389. The number of likely N-dealkylation sites (N-methyl/N-ethyl adjacent to an activating group) is 1. The van der Waals surface area contributed by atoms with E-state index in [4.69, 9.17) is 10.5 Å². The molecule has 2 rings (SSSR count). The second kappa shape index (κ2) is 3.22. The minimum atomic E-state index is -0.595. The zero-order chi connectivity index (χ0) is 13.1. The lowest BCUT2D eigenvalue weighted by Gasteiger charge is -2.42. The molecule has 5 nitrogen and oxygen atoms in total. The Morgan fingerprint density at radius 2 is 2.00 bits per heavy atom. The van der Waals surface area contributed by atoms with Crippen molar-refractivity contribution >= 4 is 11.9 Å². The Morgan fingerprint density at radius 3 is 2.41 bits per heavy atom. The van der Waals surface area contributed by atoms with Crippen LogP contribution in [0.2, 0.25) is 0 Å². The van der Waals surface area contributed by atoms with Crippen molar-refractivity contribution in [1.29, 1.82) is 0 Å². The number of hydrogen-bond acceptors (Lipinski definition) is 3. The molecule has 1 atom stereocenters. The molecule has 2 amide bonds. The van der Waals surface area contributed by atoms with Crippen LogP contribution in [0.3, 0.4) is 0 Å². The van der Waals surface area contributed by atoms with E-state index < -0.39 is 11.1 Å². The van der Waals surface area contributed by atoms with Crippen LogP contribution in [-0.4, -0.2) is 40.1 Å². The molecule has 17 heavy (non-hydrogen) atoms. The van der Waals surface area contributed by atoms with Crippen molar-refractivity contribution in [3.8, 4) is 0 Å². The number of amides is 2. The van der Waals surface area contributed by atoms with Crippen LogP contribution < -0.4 is 5.73 Å². The minimum absolute atomic E-state index is 0.251. The van der Waals surface area contributed by atoms with E-state index in [9.17, 15) is 4.79 Å². The first-order valence-electron chi connectivity index (χ1n) is 6.03. The van der Waals surface area contributed by atoms with Crippen LogP contribution in [0.5, 0.6) is 0 Å². The smallest absolute Gasteiger partial charge is 0.346 e. The molecule has 1 saturated heterocycles. The fourth-order valence-corrected chi connectivity index (χ4v) is 3.42. The summed E-state index contributed by atoms with van der Waals surface area (Å²) in [7, 11) is 0. The molecule has 0 radical (unpaired) electrons. The van der Waals surface area contributed by atoms with Crippen LogP contribution in [0.1, 0.15) is 41.0 Å². The molecule has 2 aliphatic rings. The van der Waals surface area contributed by atoms with Crippen LogP contribution in [0.4, 0.5) is 4.79 Å². The average Bonchev–Trinajstić information content (AvgIpc) is 2.46. The first-order chi connectivity index (χ1) is 7.66. The molecule has 96 valence electrons. The normalized spacial score (nSPS) is 34.5. The van der Waals surface area contributed by atoms with Crippen LogP contribution in [-0.2, 0) is 4.74 Å². The topological polar surface area (TPSA) is 67.9 Å². The minimum Gasteiger partial charge on any atom is -0.385 e. The van der Waals surface area contributed by atoms with E-state index in [1.54, 1.807) is 4.90 Å². The molecule has 0 aromatic rings. The molecule has 1 unspecified atom stereocenters. The average molecular weight is 239 g/mol. The van der Waals surface area contributed by atoms with Gasteiger partial charge in [-0.3, -0.25) is 0 Å². The summed E-state index contributed by atoms with van der Waals surface area (Å²) in [4.78, 5) is 17.6. The standard InChI is InChI=1S/C12H21N3O2/c1-6-15-9(16)14-8(13)12(15)7-10(2,3)17-11(12,4)5/h6-7H2,1-5H3,(H2,13,14,16). The summed E-state index contributed by atoms with van der Waals surface area (Å²) >= 11 is 0. The predicted molar refractivity (Wildman–Crippen MR) is 66.0 cm³/mol. The molecule has 2 N–H and O–H groups in total. The van der Waals surface area contributed by atoms with Gasteiger partial charge in [0.15, 0.2) is 0 Å². The maximum absolute atomic E-state index is 11.9. The van der Waals surface area contributed by atoms with Crippen LogP contribution in [0.25, 0.3) is 0 Å². The van der Waals surface area contributed by atoms with Crippen molar-refractivity contribution in [1.82, 2.24) is 4.90 Å². The van der Waals surface area contributed by atoms with Crippen LogP contribution in [0.15, 0.2) is 4.99 Å². The second-order valence-electron chi connectivity index (χ2n) is 5.93. The van der Waals surface area contributed by atoms with Crippen LogP contribution >= 0.6 is 0 Å².